The molecule has 2 N–H and O–H groups in total. The molecule has 1 aliphatic rings. The number of anilines is 1. The Bertz CT molecular complexity index is 531. The SMILES string of the molecule is N#Cc1cc(F)c(N[C@H]2CC[C@@H](C(=O)O)C2)c(F)c1. The van der Waals surface area contributed by atoms with Gasteiger partial charge < -0.3 is 10.4 Å². The summed E-state index contributed by atoms with van der Waals surface area (Å²) in [5.41, 5.74) is -0.384. The Hall–Kier alpha value is -2.16. The average Bonchev–Trinajstić information content (AvgIpc) is 2.82. The van der Waals surface area contributed by atoms with Crippen LogP contribution in [0.3, 0.4) is 0 Å². The van der Waals surface area contributed by atoms with Gasteiger partial charge in [0, 0.05) is 6.04 Å². The molecule has 6 heteroatoms. The Balaban J connectivity index is 2.13. The van der Waals surface area contributed by atoms with Gasteiger partial charge in [-0.05, 0) is 31.4 Å². The van der Waals surface area contributed by atoms with Gasteiger partial charge in [-0.2, -0.15) is 5.26 Å². The number of nitriles is 1. The zero-order chi connectivity index (χ0) is 14.0. The Morgan fingerprint density at radius 1 is 1.37 bits per heavy atom. The molecular weight excluding hydrogens is 254 g/mol. The third-order valence-corrected chi connectivity index (χ3v) is 3.30. The lowest BCUT2D eigenvalue weighted by atomic mass is 10.1. The first-order chi connectivity index (χ1) is 9.01. The summed E-state index contributed by atoms with van der Waals surface area (Å²) >= 11 is 0. The minimum absolute atomic E-state index is 0.0876. The molecule has 0 unspecified atom stereocenters. The fourth-order valence-electron chi connectivity index (χ4n) is 2.32. The largest absolute Gasteiger partial charge is 0.481 e. The molecule has 0 spiro atoms. The monoisotopic (exact) mass is 266 g/mol. The van der Waals surface area contributed by atoms with Crippen LogP contribution in [0.4, 0.5) is 14.5 Å². The Kier molecular flexibility index (Phi) is 3.65. The quantitative estimate of drug-likeness (QED) is 0.881. The minimum atomic E-state index is -0.884. The number of rotatable bonds is 3. The van der Waals surface area contributed by atoms with Gasteiger partial charge in [-0.25, -0.2) is 8.78 Å². The molecule has 0 aliphatic heterocycles. The highest BCUT2D eigenvalue weighted by molar-refractivity contribution is 5.70. The molecule has 0 bridgehead atoms. The van der Waals surface area contributed by atoms with Crippen LogP contribution in [0, 0.1) is 28.9 Å². The number of hydrogen-bond acceptors (Lipinski definition) is 3. The molecule has 0 amide bonds. The minimum Gasteiger partial charge on any atom is -0.481 e. The fraction of sp³-hybridized carbons (Fsp3) is 0.385. The second kappa shape index (κ2) is 5.22. The molecule has 0 aromatic heterocycles. The fourth-order valence-corrected chi connectivity index (χ4v) is 2.32. The van der Waals surface area contributed by atoms with Crippen molar-refractivity contribution < 1.29 is 18.7 Å². The molecular formula is C13H12F2N2O2. The molecule has 1 aromatic rings. The predicted molar refractivity (Wildman–Crippen MR) is 63.5 cm³/mol. The highest BCUT2D eigenvalue weighted by atomic mass is 19.1. The van der Waals surface area contributed by atoms with Gasteiger partial charge in [-0.15, -0.1) is 0 Å². The van der Waals surface area contributed by atoms with E-state index in [1.165, 1.54) is 0 Å². The van der Waals surface area contributed by atoms with Crippen LogP contribution in [0.2, 0.25) is 0 Å². The lowest BCUT2D eigenvalue weighted by Gasteiger charge is -2.15. The van der Waals surface area contributed by atoms with Crippen molar-refractivity contribution in [3.63, 3.8) is 0 Å². The number of hydrogen-bond donors (Lipinski definition) is 2. The number of halogens is 2. The lowest BCUT2D eigenvalue weighted by molar-refractivity contribution is -0.141. The van der Waals surface area contributed by atoms with Crippen LogP contribution >= 0.6 is 0 Å². The maximum atomic E-state index is 13.6. The van der Waals surface area contributed by atoms with Gasteiger partial charge >= 0.3 is 5.97 Å². The van der Waals surface area contributed by atoms with Crippen molar-refractivity contribution in [2.45, 2.75) is 25.3 Å². The van der Waals surface area contributed by atoms with E-state index in [1.54, 1.807) is 6.07 Å². The van der Waals surface area contributed by atoms with E-state index >= 15 is 0 Å². The van der Waals surface area contributed by atoms with E-state index in [9.17, 15) is 13.6 Å². The highest BCUT2D eigenvalue weighted by Crippen LogP contribution is 2.30. The first kappa shape index (κ1) is 13.3. The maximum Gasteiger partial charge on any atom is 0.306 e. The summed E-state index contributed by atoms with van der Waals surface area (Å²) in [6.45, 7) is 0. The van der Waals surface area contributed by atoms with Crippen LogP contribution in [0.5, 0.6) is 0 Å². The van der Waals surface area contributed by atoms with Crippen molar-refractivity contribution in [1.82, 2.24) is 0 Å². The van der Waals surface area contributed by atoms with Gasteiger partial charge in [0.1, 0.15) is 5.69 Å². The molecule has 1 aromatic carbocycles. The predicted octanol–water partition coefficient (Wildman–Crippen LogP) is 2.50. The zero-order valence-corrected chi connectivity index (χ0v) is 9.99. The first-order valence-corrected chi connectivity index (χ1v) is 5.89. The summed E-state index contributed by atoms with van der Waals surface area (Å²) in [5.74, 6) is -3.03. The van der Waals surface area contributed by atoms with Gasteiger partial charge in [0.2, 0.25) is 0 Å². The van der Waals surface area contributed by atoms with E-state index < -0.39 is 23.5 Å². The molecule has 1 fully saturated rings. The lowest BCUT2D eigenvalue weighted by Crippen LogP contribution is -2.19. The van der Waals surface area contributed by atoms with Crippen molar-refractivity contribution in [2.75, 3.05) is 5.32 Å². The number of carboxylic acid groups (broad SMARTS) is 1. The Morgan fingerprint density at radius 2 is 2.00 bits per heavy atom. The van der Waals surface area contributed by atoms with Gasteiger partial charge in [0.15, 0.2) is 11.6 Å². The average molecular weight is 266 g/mol. The second-order valence-electron chi connectivity index (χ2n) is 4.62. The van der Waals surface area contributed by atoms with E-state index in [2.05, 4.69) is 5.32 Å². The van der Waals surface area contributed by atoms with Gasteiger partial charge in [-0.3, -0.25) is 4.79 Å². The van der Waals surface area contributed by atoms with E-state index in [0.717, 1.165) is 12.1 Å². The summed E-state index contributed by atoms with van der Waals surface area (Å²) in [6.07, 6.45) is 1.39. The number of carboxylic acids is 1. The molecule has 4 nitrogen and oxygen atoms in total. The normalized spacial score (nSPS) is 21.9. The number of aliphatic carboxylic acids is 1. The van der Waals surface area contributed by atoms with E-state index in [1.807, 2.05) is 0 Å². The molecule has 0 heterocycles. The van der Waals surface area contributed by atoms with Crippen LogP contribution in [0.25, 0.3) is 0 Å². The van der Waals surface area contributed by atoms with Crippen LogP contribution in [0.15, 0.2) is 12.1 Å². The molecule has 0 radical (unpaired) electrons. The number of nitrogens with one attached hydrogen (secondary N) is 1. The van der Waals surface area contributed by atoms with Crippen molar-refractivity contribution in [1.29, 1.82) is 5.26 Å². The molecule has 0 saturated heterocycles. The molecule has 1 saturated carbocycles. The topological polar surface area (TPSA) is 73.1 Å². The molecule has 2 atom stereocenters. The van der Waals surface area contributed by atoms with Crippen LogP contribution < -0.4 is 5.32 Å². The van der Waals surface area contributed by atoms with Gasteiger partial charge in [0.25, 0.3) is 0 Å². The number of carbonyl (C=O) groups is 1. The van der Waals surface area contributed by atoms with Crippen molar-refractivity contribution in [2.24, 2.45) is 5.92 Å². The van der Waals surface area contributed by atoms with Gasteiger partial charge in [0.05, 0.1) is 17.6 Å². The third kappa shape index (κ3) is 2.81. The van der Waals surface area contributed by atoms with E-state index in [4.69, 9.17) is 10.4 Å². The van der Waals surface area contributed by atoms with Crippen molar-refractivity contribution in [3.05, 3.63) is 29.3 Å². The molecule has 2 rings (SSSR count). The summed E-state index contributed by atoms with van der Waals surface area (Å²) < 4.78 is 27.3. The second-order valence-corrected chi connectivity index (χ2v) is 4.62. The van der Waals surface area contributed by atoms with Crippen molar-refractivity contribution in [3.8, 4) is 6.07 Å². The first-order valence-electron chi connectivity index (χ1n) is 5.89. The molecule has 19 heavy (non-hydrogen) atoms. The van der Waals surface area contributed by atoms with Crippen LogP contribution in [-0.4, -0.2) is 17.1 Å². The van der Waals surface area contributed by atoms with Crippen LogP contribution in [0.1, 0.15) is 24.8 Å². The zero-order valence-electron chi connectivity index (χ0n) is 9.99. The Morgan fingerprint density at radius 3 is 2.47 bits per heavy atom. The summed E-state index contributed by atoms with van der Waals surface area (Å²) in [4.78, 5) is 10.8. The smallest absolute Gasteiger partial charge is 0.306 e. The standard InChI is InChI=1S/C13H12F2N2O2/c14-10-3-7(6-16)4-11(15)12(10)17-9-2-1-8(5-9)13(18)19/h3-4,8-9,17H,1-2,5H2,(H,18,19)/t8-,9+/m1/s1. The summed E-state index contributed by atoms with van der Waals surface area (Å²) in [5, 5.41) is 20.1. The third-order valence-electron chi connectivity index (χ3n) is 3.30. The summed E-state index contributed by atoms with van der Waals surface area (Å²) in [7, 11) is 0. The Labute approximate surface area is 108 Å². The van der Waals surface area contributed by atoms with Crippen LogP contribution in [-0.2, 0) is 4.79 Å². The van der Waals surface area contributed by atoms with Gasteiger partial charge in [-0.1, -0.05) is 0 Å². The summed E-state index contributed by atoms with van der Waals surface area (Å²) in [6, 6.07) is 3.31. The van der Waals surface area contributed by atoms with E-state index in [0.29, 0.717) is 19.3 Å². The molecule has 1 aliphatic carbocycles. The van der Waals surface area contributed by atoms with Crippen molar-refractivity contribution >= 4 is 11.7 Å². The maximum absolute atomic E-state index is 13.6. The number of benzene rings is 1. The number of nitrogens with zero attached hydrogens (tertiary/aromatic N) is 1. The highest BCUT2D eigenvalue weighted by Gasteiger charge is 2.30. The molecule has 100 valence electrons. The van der Waals surface area contributed by atoms with E-state index in [-0.39, 0.29) is 17.3 Å².